The normalized spacial score (nSPS) is 13.1. The van der Waals surface area contributed by atoms with Gasteiger partial charge in [0.05, 0.1) is 17.2 Å². The lowest BCUT2D eigenvalue weighted by molar-refractivity contribution is -0.138. The zero-order valence-electron chi connectivity index (χ0n) is 22.5. The first-order valence-corrected chi connectivity index (χ1v) is 14.1. The van der Waals surface area contributed by atoms with Crippen molar-refractivity contribution in [2.24, 2.45) is 5.92 Å². The number of amides is 2. The summed E-state index contributed by atoms with van der Waals surface area (Å²) in [7, 11) is -4.32. The molecule has 1 heterocycles. The standard InChI is InChI=1S/C28H31F3N4O4S/c1-19(2)34-18-22(17-32-34)15-25(26(36)33-40(38,39)14-13-21-9-6-5-7-10-21)27(37)35(20(3)4)24-12-8-11-23(16-24)28(29,30)31/h5-14,16-20,25H,15H2,1-4H3,(H,33,36)/b14-13+. The van der Waals surface area contributed by atoms with Crippen molar-refractivity contribution in [3.8, 4) is 0 Å². The summed E-state index contributed by atoms with van der Waals surface area (Å²) >= 11 is 0. The summed E-state index contributed by atoms with van der Waals surface area (Å²) in [6.45, 7) is 6.93. The molecule has 0 fully saturated rings. The van der Waals surface area contributed by atoms with Crippen LogP contribution in [-0.4, -0.2) is 36.1 Å². The Kier molecular flexibility index (Phi) is 9.56. The third-order valence-corrected chi connectivity index (χ3v) is 6.91. The van der Waals surface area contributed by atoms with Gasteiger partial charge in [-0.1, -0.05) is 36.4 Å². The van der Waals surface area contributed by atoms with Crippen molar-refractivity contribution >= 4 is 33.6 Å². The number of benzene rings is 2. The van der Waals surface area contributed by atoms with Gasteiger partial charge < -0.3 is 4.90 Å². The van der Waals surface area contributed by atoms with Gasteiger partial charge in [0.1, 0.15) is 5.92 Å². The van der Waals surface area contributed by atoms with E-state index in [1.165, 1.54) is 24.4 Å². The maximum absolute atomic E-state index is 13.8. The molecule has 12 heteroatoms. The van der Waals surface area contributed by atoms with E-state index >= 15 is 0 Å². The molecule has 3 aromatic rings. The van der Waals surface area contributed by atoms with Crippen molar-refractivity contribution in [1.82, 2.24) is 14.5 Å². The zero-order chi connectivity index (χ0) is 29.7. The fourth-order valence-electron chi connectivity index (χ4n) is 3.95. The molecule has 1 unspecified atom stereocenters. The highest BCUT2D eigenvalue weighted by Gasteiger charge is 2.36. The lowest BCUT2D eigenvalue weighted by atomic mass is 9.98. The smallest absolute Gasteiger partial charge is 0.309 e. The quantitative estimate of drug-likeness (QED) is 0.335. The van der Waals surface area contributed by atoms with Gasteiger partial charge in [0.25, 0.3) is 10.0 Å². The van der Waals surface area contributed by atoms with E-state index in [4.69, 9.17) is 0 Å². The number of nitrogens with zero attached hydrogens (tertiary/aromatic N) is 3. The topological polar surface area (TPSA) is 101 Å². The van der Waals surface area contributed by atoms with Gasteiger partial charge in [-0.25, -0.2) is 13.1 Å². The minimum absolute atomic E-state index is 0.0162. The van der Waals surface area contributed by atoms with E-state index in [-0.39, 0.29) is 18.2 Å². The molecule has 1 atom stereocenters. The fraction of sp³-hybridized carbons (Fsp3) is 0.321. The lowest BCUT2D eigenvalue weighted by Crippen LogP contribution is -2.48. The van der Waals surface area contributed by atoms with Crippen molar-refractivity contribution in [3.63, 3.8) is 0 Å². The van der Waals surface area contributed by atoms with Crippen LogP contribution in [0.3, 0.4) is 0 Å². The van der Waals surface area contributed by atoms with Crippen molar-refractivity contribution in [1.29, 1.82) is 0 Å². The maximum Gasteiger partial charge on any atom is 0.416 e. The number of alkyl halides is 3. The molecule has 2 aromatic carbocycles. The van der Waals surface area contributed by atoms with Gasteiger partial charge in [0, 0.05) is 24.0 Å². The van der Waals surface area contributed by atoms with Crippen LogP contribution in [0.15, 0.2) is 72.4 Å². The molecule has 0 bridgehead atoms. The number of halogens is 3. The number of rotatable bonds is 10. The first kappa shape index (κ1) is 30.6. The Bertz CT molecular complexity index is 1470. The van der Waals surface area contributed by atoms with Crippen LogP contribution in [0, 0.1) is 5.92 Å². The largest absolute Gasteiger partial charge is 0.416 e. The number of hydrogen-bond donors (Lipinski definition) is 1. The Morgan fingerprint density at radius 3 is 2.30 bits per heavy atom. The molecule has 1 aromatic heterocycles. The van der Waals surface area contributed by atoms with E-state index in [2.05, 4.69) is 5.10 Å². The molecule has 0 saturated heterocycles. The Hall–Kier alpha value is -3.93. The molecule has 0 aliphatic rings. The van der Waals surface area contributed by atoms with Crippen LogP contribution in [-0.2, 0) is 32.2 Å². The molecule has 40 heavy (non-hydrogen) atoms. The lowest BCUT2D eigenvalue weighted by Gasteiger charge is -2.30. The highest BCUT2D eigenvalue weighted by molar-refractivity contribution is 7.93. The van der Waals surface area contributed by atoms with Crippen molar-refractivity contribution in [3.05, 3.63) is 89.1 Å². The summed E-state index contributed by atoms with van der Waals surface area (Å²) in [6, 6.07) is 12.1. The van der Waals surface area contributed by atoms with Crippen LogP contribution in [0.5, 0.6) is 0 Å². The van der Waals surface area contributed by atoms with Gasteiger partial charge in [-0.3, -0.25) is 14.3 Å². The summed E-state index contributed by atoms with van der Waals surface area (Å²) in [5.74, 6) is -3.55. The number of nitrogens with one attached hydrogen (secondary N) is 1. The fourth-order valence-corrected chi connectivity index (χ4v) is 4.78. The average Bonchev–Trinajstić information content (AvgIpc) is 3.35. The van der Waals surface area contributed by atoms with E-state index in [9.17, 15) is 31.2 Å². The van der Waals surface area contributed by atoms with Crippen LogP contribution in [0.4, 0.5) is 18.9 Å². The first-order valence-electron chi connectivity index (χ1n) is 12.5. The van der Waals surface area contributed by atoms with Gasteiger partial charge >= 0.3 is 6.18 Å². The summed E-state index contributed by atoms with van der Waals surface area (Å²) in [4.78, 5) is 28.3. The van der Waals surface area contributed by atoms with E-state index in [1.54, 1.807) is 55.1 Å². The molecule has 3 rings (SSSR count). The van der Waals surface area contributed by atoms with Gasteiger partial charge in [-0.2, -0.15) is 18.3 Å². The molecular weight excluding hydrogens is 545 g/mol. The molecule has 0 radical (unpaired) electrons. The second-order valence-electron chi connectivity index (χ2n) is 9.75. The number of anilines is 1. The molecule has 2 amide bonds. The van der Waals surface area contributed by atoms with Crippen LogP contribution < -0.4 is 9.62 Å². The number of aromatic nitrogens is 2. The summed E-state index contributed by atoms with van der Waals surface area (Å²) in [6.07, 6.45) is -0.490. The Labute approximate surface area is 231 Å². The predicted molar refractivity (Wildman–Crippen MR) is 146 cm³/mol. The summed E-state index contributed by atoms with van der Waals surface area (Å²) in [5.41, 5.74) is 0.0189. The van der Waals surface area contributed by atoms with E-state index in [1.807, 2.05) is 18.6 Å². The van der Waals surface area contributed by atoms with Crippen molar-refractivity contribution in [2.75, 3.05) is 4.90 Å². The van der Waals surface area contributed by atoms with Crippen LogP contribution in [0.25, 0.3) is 6.08 Å². The molecule has 214 valence electrons. The Morgan fingerprint density at radius 2 is 1.73 bits per heavy atom. The van der Waals surface area contributed by atoms with Gasteiger partial charge in [-0.05, 0) is 69.5 Å². The SMILES string of the molecule is CC(C)N(C(=O)C(Cc1cnn(C(C)C)c1)C(=O)NS(=O)(=O)/C=C/c1ccccc1)c1cccc(C(F)(F)F)c1. The third kappa shape index (κ3) is 8.04. The van der Waals surface area contributed by atoms with E-state index in [0.717, 1.165) is 22.4 Å². The second-order valence-corrected chi connectivity index (χ2v) is 11.3. The molecule has 1 N–H and O–H groups in total. The molecule has 8 nitrogen and oxygen atoms in total. The monoisotopic (exact) mass is 576 g/mol. The van der Waals surface area contributed by atoms with Gasteiger partial charge in [0.2, 0.25) is 11.8 Å². The van der Waals surface area contributed by atoms with Gasteiger partial charge in [0.15, 0.2) is 0 Å². The number of sulfonamides is 1. The number of carbonyl (C=O) groups is 2. The van der Waals surface area contributed by atoms with Crippen molar-refractivity contribution < 1.29 is 31.2 Å². The molecule has 0 aliphatic heterocycles. The zero-order valence-corrected chi connectivity index (χ0v) is 23.3. The molecule has 0 saturated carbocycles. The minimum Gasteiger partial charge on any atom is -0.309 e. The summed E-state index contributed by atoms with van der Waals surface area (Å²) < 4.78 is 69.2. The minimum atomic E-state index is -4.65. The highest BCUT2D eigenvalue weighted by atomic mass is 32.2. The Balaban J connectivity index is 1.98. The summed E-state index contributed by atoms with van der Waals surface area (Å²) in [5, 5.41) is 5.02. The van der Waals surface area contributed by atoms with Crippen LogP contribution >= 0.6 is 0 Å². The van der Waals surface area contributed by atoms with E-state index in [0.29, 0.717) is 11.1 Å². The highest BCUT2D eigenvalue weighted by Crippen LogP contribution is 2.33. The Morgan fingerprint density at radius 1 is 1.05 bits per heavy atom. The average molecular weight is 577 g/mol. The third-order valence-electron chi connectivity index (χ3n) is 5.93. The number of carbonyl (C=O) groups excluding carboxylic acids is 2. The van der Waals surface area contributed by atoms with E-state index < -0.39 is 45.5 Å². The maximum atomic E-state index is 13.8. The van der Waals surface area contributed by atoms with Crippen LogP contribution in [0.1, 0.15) is 50.4 Å². The second kappa shape index (κ2) is 12.5. The van der Waals surface area contributed by atoms with Crippen LogP contribution in [0.2, 0.25) is 0 Å². The first-order chi connectivity index (χ1) is 18.7. The van der Waals surface area contributed by atoms with Gasteiger partial charge in [-0.15, -0.1) is 0 Å². The van der Waals surface area contributed by atoms with Crippen molar-refractivity contribution in [2.45, 2.75) is 52.4 Å². The number of hydrogen-bond acceptors (Lipinski definition) is 5. The molecule has 0 aliphatic carbocycles. The predicted octanol–water partition coefficient (Wildman–Crippen LogP) is 5.20. The molecule has 0 spiro atoms. The molecular formula is C28H31F3N4O4S.